The molecule has 130 valence electrons. The van der Waals surface area contributed by atoms with Crippen molar-refractivity contribution in [2.24, 2.45) is 0 Å². The number of nitrogens with one attached hydrogen (secondary N) is 1. The molecule has 1 N–H and O–H groups in total. The van der Waals surface area contributed by atoms with Gasteiger partial charge in [-0.2, -0.15) is 9.94 Å². The normalized spacial score (nSPS) is 10.3. The van der Waals surface area contributed by atoms with Crippen LogP contribution in [-0.2, 0) is 0 Å². The number of thiazole rings is 1. The molecule has 4 aromatic rings. The van der Waals surface area contributed by atoms with Crippen molar-refractivity contribution < 1.29 is 4.79 Å². The van der Waals surface area contributed by atoms with Crippen molar-refractivity contribution in [2.45, 2.75) is 0 Å². The Balaban J connectivity index is 1.58. The van der Waals surface area contributed by atoms with E-state index in [4.69, 9.17) is 0 Å². The molecule has 0 saturated carbocycles. The Morgan fingerprint density at radius 3 is 2.96 bits per heavy atom. The van der Waals surface area contributed by atoms with Gasteiger partial charge in [0.15, 0.2) is 16.6 Å². The molecule has 0 fully saturated rings. The summed E-state index contributed by atoms with van der Waals surface area (Å²) in [4.78, 5) is 29.2. The average Bonchev–Trinajstić information content (AvgIpc) is 3.38. The van der Waals surface area contributed by atoms with Crippen molar-refractivity contribution in [1.82, 2.24) is 34.9 Å². The SMILES string of the molecule is N#Cc1cccnc1-c1csc(NC(=O)c2cnnn2-c2cnccn2)n1. The Bertz CT molecular complexity index is 1150. The van der Waals surface area contributed by atoms with Crippen LogP contribution in [0.1, 0.15) is 16.1 Å². The van der Waals surface area contributed by atoms with Crippen molar-refractivity contribution in [1.29, 1.82) is 5.26 Å². The van der Waals surface area contributed by atoms with Gasteiger partial charge < -0.3 is 0 Å². The van der Waals surface area contributed by atoms with Gasteiger partial charge in [0.1, 0.15) is 17.5 Å². The van der Waals surface area contributed by atoms with Crippen molar-refractivity contribution in [2.75, 3.05) is 5.32 Å². The summed E-state index contributed by atoms with van der Waals surface area (Å²) in [6.45, 7) is 0. The summed E-state index contributed by atoms with van der Waals surface area (Å²) in [6.07, 6.45) is 7.39. The summed E-state index contributed by atoms with van der Waals surface area (Å²) >= 11 is 1.22. The zero-order valence-corrected chi connectivity index (χ0v) is 14.3. The third-order valence-electron chi connectivity index (χ3n) is 3.44. The fourth-order valence-corrected chi connectivity index (χ4v) is 2.95. The first-order valence-electron chi connectivity index (χ1n) is 7.55. The van der Waals surface area contributed by atoms with Crippen molar-refractivity contribution >= 4 is 22.4 Å². The first kappa shape index (κ1) is 16.4. The smallest absolute Gasteiger partial charge is 0.277 e. The van der Waals surface area contributed by atoms with Crippen LogP contribution in [0.15, 0.2) is 48.5 Å². The molecule has 1 amide bonds. The predicted molar refractivity (Wildman–Crippen MR) is 95.0 cm³/mol. The summed E-state index contributed by atoms with van der Waals surface area (Å²) in [5.74, 6) is -0.0831. The molecule has 0 unspecified atom stereocenters. The monoisotopic (exact) mass is 375 g/mol. The minimum absolute atomic E-state index is 0.183. The molecule has 0 spiro atoms. The van der Waals surface area contributed by atoms with Gasteiger partial charge in [0.2, 0.25) is 0 Å². The van der Waals surface area contributed by atoms with E-state index in [0.29, 0.717) is 27.9 Å². The first-order chi connectivity index (χ1) is 13.3. The molecule has 0 aromatic carbocycles. The predicted octanol–water partition coefficient (Wildman–Crippen LogP) is 1.70. The number of anilines is 1. The Labute approximate surface area is 156 Å². The second kappa shape index (κ2) is 7.06. The molecule has 27 heavy (non-hydrogen) atoms. The van der Waals surface area contributed by atoms with E-state index in [2.05, 4.69) is 41.6 Å². The lowest BCUT2D eigenvalue weighted by Gasteiger charge is -2.04. The second-order valence-electron chi connectivity index (χ2n) is 5.10. The minimum Gasteiger partial charge on any atom is -0.296 e. The lowest BCUT2D eigenvalue weighted by molar-refractivity contribution is 0.101. The summed E-state index contributed by atoms with van der Waals surface area (Å²) in [7, 11) is 0. The number of aromatic nitrogens is 7. The number of hydrogen-bond donors (Lipinski definition) is 1. The van der Waals surface area contributed by atoms with Crippen LogP contribution < -0.4 is 5.32 Å². The molecule has 0 aliphatic carbocycles. The Morgan fingerprint density at radius 2 is 2.15 bits per heavy atom. The fraction of sp³-hybridized carbons (Fsp3) is 0. The Morgan fingerprint density at radius 1 is 1.22 bits per heavy atom. The quantitative estimate of drug-likeness (QED) is 0.569. The lowest BCUT2D eigenvalue weighted by atomic mass is 10.2. The van der Waals surface area contributed by atoms with Crippen molar-refractivity contribution in [3.63, 3.8) is 0 Å². The van der Waals surface area contributed by atoms with E-state index in [1.165, 1.54) is 40.8 Å². The van der Waals surface area contributed by atoms with E-state index in [1.807, 2.05) is 0 Å². The number of rotatable bonds is 4. The summed E-state index contributed by atoms with van der Waals surface area (Å²) in [5, 5.41) is 21.6. The molecular weight excluding hydrogens is 366 g/mol. The number of nitrogens with zero attached hydrogens (tertiary/aromatic N) is 8. The van der Waals surface area contributed by atoms with E-state index in [9.17, 15) is 10.1 Å². The maximum Gasteiger partial charge on any atom is 0.277 e. The van der Waals surface area contributed by atoms with Gasteiger partial charge in [-0.1, -0.05) is 5.21 Å². The van der Waals surface area contributed by atoms with Gasteiger partial charge in [0, 0.05) is 24.0 Å². The minimum atomic E-state index is -0.451. The first-order valence-corrected chi connectivity index (χ1v) is 8.43. The molecule has 4 aromatic heterocycles. The van der Waals surface area contributed by atoms with Crippen LogP contribution in [-0.4, -0.2) is 40.8 Å². The van der Waals surface area contributed by atoms with E-state index >= 15 is 0 Å². The molecule has 11 heteroatoms. The van der Waals surface area contributed by atoms with Crippen LogP contribution in [0.3, 0.4) is 0 Å². The maximum absolute atomic E-state index is 12.6. The summed E-state index contributed by atoms with van der Waals surface area (Å²) in [5.41, 5.74) is 1.56. The summed E-state index contributed by atoms with van der Waals surface area (Å²) in [6, 6.07) is 5.41. The van der Waals surface area contributed by atoms with Gasteiger partial charge in [-0.05, 0) is 12.1 Å². The third-order valence-corrected chi connectivity index (χ3v) is 4.20. The van der Waals surface area contributed by atoms with Crippen LogP contribution >= 0.6 is 11.3 Å². The van der Waals surface area contributed by atoms with E-state index in [1.54, 1.807) is 23.7 Å². The molecule has 0 bridgehead atoms. The van der Waals surface area contributed by atoms with Crippen LogP contribution in [0.5, 0.6) is 0 Å². The zero-order valence-electron chi connectivity index (χ0n) is 13.5. The second-order valence-corrected chi connectivity index (χ2v) is 5.96. The topological polar surface area (TPSA) is 135 Å². The van der Waals surface area contributed by atoms with Crippen LogP contribution in [0.2, 0.25) is 0 Å². The molecular formula is C16H9N9OS. The van der Waals surface area contributed by atoms with Gasteiger partial charge in [0.05, 0.1) is 18.0 Å². The molecule has 0 aliphatic heterocycles. The van der Waals surface area contributed by atoms with E-state index in [-0.39, 0.29) is 5.69 Å². The number of hydrogen-bond acceptors (Lipinski definition) is 9. The summed E-state index contributed by atoms with van der Waals surface area (Å²) < 4.78 is 1.28. The average molecular weight is 375 g/mol. The fourth-order valence-electron chi connectivity index (χ4n) is 2.26. The highest BCUT2D eigenvalue weighted by Gasteiger charge is 2.18. The van der Waals surface area contributed by atoms with Crippen molar-refractivity contribution in [3.05, 3.63) is 59.8 Å². The third kappa shape index (κ3) is 3.24. The largest absolute Gasteiger partial charge is 0.296 e. The molecule has 4 heterocycles. The highest BCUT2D eigenvalue weighted by Crippen LogP contribution is 2.26. The molecule has 10 nitrogen and oxygen atoms in total. The molecule has 0 atom stereocenters. The zero-order chi connectivity index (χ0) is 18.6. The number of carbonyl (C=O) groups is 1. The highest BCUT2D eigenvalue weighted by atomic mass is 32.1. The van der Waals surface area contributed by atoms with Gasteiger partial charge in [-0.15, -0.1) is 16.4 Å². The molecule has 4 rings (SSSR count). The van der Waals surface area contributed by atoms with Gasteiger partial charge in [-0.3, -0.25) is 20.1 Å². The Hall–Kier alpha value is -4.04. The van der Waals surface area contributed by atoms with E-state index in [0.717, 1.165) is 0 Å². The molecule has 0 radical (unpaired) electrons. The van der Waals surface area contributed by atoms with Crippen LogP contribution in [0.4, 0.5) is 5.13 Å². The number of carbonyl (C=O) groups excluding carboxylic acids is 1. The van der Waals surface area contributed by atoms with Gasteiger partial charge in [0.25, 0.3) is 5.91 Å². The standard InChI is InChI=1S/C16H9N9OS/c17-6-10-2-1-3-20-14(10)11-9-27-16(22-11)23-15(26)12-7-21-24-25(12)13-8-18-4-5-19-13/h1-5,7-9H,(H,22,23,26). The van der Waals surface area contributed by atoms with Gasteiger partial charge >= 0.3 is 0 Å². The van der Waals surface area contributed by atoms with Crippen LogP contribution in [0, 0.1) is 11.3 Å². The lowest BCUT2D eigenvalue weighted by Crippen LogP contribution is -2.17. The maximum atomic E-state index is 12.6. The molecule has 0 saturated heterocycles. The van der Waals surface area contributed by atoms with Crippen LogP contribution in [0.25, 0.3) is 17.2 Å². The van der Waals surface area contributed by atoms with E-state index < -0.39 is 5.91 Å². The number of pyridine rings is 1. The Kier molecular flexibility index (Phi) is 4.30. The molecule has 0 aliphatic rings. The highest BCUT2D eigenvalue weighted by molar-refractivity contribution is 7.14. The number of nitriles is 1. The van der Waals surface area contributed by atoms with Crippen molar-refractivity contribution in [3.8, 4) is 23.3 Å². The number of amides is 1. The van der Waals surface area contributed by atoms with Gasteiger partial charge in [-0.25, -0.2) is 9.97 Å².